The Balaban J connectivity index is 2.25. The number of carboxylic acid groups (broad SMARTS) is 2. The number of benzene rings is 1. The standard InChI is InChI=1S/C24H33N5O8/c1-12(2)20(29-21(33)15(25)7-8-19(31)32)23(35)27-17(22(34)28-18(11-30)24(36)37)9-13-10-26-16-6-4-3-5-14(13)16/h3-6,10,12,15,17-18,20,26,30H,7-9,11,25H2,1-2H3,(H,27,35)(H,28,34)(H,29,33)(H,31,32)(H,36,37). The van der Waals surface area contributed by atoms with Crippen LogP contribution in [-0.4, -0.2) is 80.7 Å². The van der Waals surface area contributed by atoms with Gasteiger partial charge in [-0.25, -0.2) is 4.79 Å². The van der Waals surface area contributed by atoms with Crippen molar-refractivity contribution in [2.24, 2.45) is 11.7 Å². The van der Waals surface area contributed by atoms with Crippen LogP contribution in [-0.2, 0) is 30.4 Å². The maximum atomic E-state index is 13.2. The number of hydrogen-bond donors (Lipinski definition) is 8. The van der Waals surface area contributed by atoms with Crippen molar-refractivity contribution < 1.29 is 39.3 Å². The zero-order valence-electron chi connectivity index (χ0n) is 20.6. The molecule has 0 spiro atoms. The first-order valence-electron chi connectivity index (χ1n) is 11.7. The van der Waals surface area contributed by atoms with Gasteiger partial charge in [0.1, 0.15) is 18.1 Å². The summed E-state index contributed by atoms with van der Waals surface area (Å²) in [4.78, 5) is 63.8. The van der Waals surface area contributed by atoms with Gasteiger partial charge in [-0.15, -0.1) is 0 Å². The lowest BCUT2D eigenvalue weighted by Gasteiger charge is -2.26. The fraction of sp³-hybridized carbons (Fsp3) is 0.458. The normalized spacial score (nSPS) is 14.4. The molecule has 37 heavy (non-hydrogen) atoms. The number of carbonyl (C=O) groups is 5. The number of aliphatic hydroxyl groups is 1. The maximum absolute atomic E-state index is 13.2. The lowest BCUT2D eigenvalue weighted by Crippen LogP contribution is -2.59. The van der Waals surface area contributed by atoms with E-state index in [0.29, 0.717) is 5.56 Å². The molecule has 1 aromatic heterocycles. The Morgan fingerprint density at radius 3 is 2.19 bits per heavy atom. The molecule has 0 radical (unpaired) electrons. The molecule has 0 aliphatic carbocycles. The summed E-state index contributed by atoms with van der Waals surface area (Å²) < 4.78 is 0. The summed E-state index contributed by atoms with van der Waals surface area (Å²) in [5, 5.41) is 35.4. The van der Waals surface area contributed by atoms with E-state index in [1.165, 1.54) is 0 Å². The highest BCUT2D eigenvalue weighted by Gasteiger charge is 2.32. The number of hydrogen-bond acceptors (Lipinski definition) is 7. The van der Waals surface area contributed by atoms with Gasteiger partial charge in [0.25, 0.3) is 0 Å². The number of carbonyl (C=O) groups excluding carboxylic acids is 3. The first-order valence-corrected chi connectivity index (χ1v) is 11.7. The van der Waals surface area contributed by atoms with Crippen LogP contribution in [0.3, 0.4) is 0 Å². The summed E-state index contributed by atoms with van der Waals surface area (Å²) in [5.41, 5.74) is 7.22. The van der Waals surface area contributed by atoms with Crippen molar-refractivity contribution in [3.05, 3.63) is 36.0 Å². The van der Waals surface area contributed by atoms with E-state index in [2.05, 4.69) is 20.9 Å². The highest BCUT2D eigenvalue weighted by molar-refractivity contribution is 5.95. The molecule has 3 amide bonds. The number of nitrogens with one attached hydrogen (secondary N) is 4. The number of rotatable bonds is 14. The topological polar surface area (TPSA) is 224 Å². The molecule has 4 atom stereocenters. The molecule has 4 unspecified atom stereocenters. The third-order valence-corrected chi connectivity index (χ3v) is 5.78. The van der Waals surface area contributed by atoms with Crippen LogP contribution < -0.4 is 21.7 Å². The molecular formula is C24H33N5O8. The molecule has 0 bridgehead atoms. The number of aliphatic hydroxyl groups excluding tert-OH is 1. The Hall–Kier alpha value is -3.97. The van der Waals surface area contributed by atoms with Crippen LogP contribution >= 0.6 is 0 Å². The number of aromatic amines is 1. The van der Waals surface area contributed by atoms with E-state index in [-0.39, 0.29) is 19.3 Å². The van der Waals surface area contributed by atoms with E-state index in [4.69, 9.17) is 10.8 Å². The average molecular weight is 520 g/mol. The number of H-pyrrole nitrogens is 1. The van der Waals surface area contributed by atoms with E-state index in [0.717, 1.165) is 10.9 Å². The zero-order chi connectivity index (χ0) is 27.7. The number of fused-ring (bicyclic) bond motifs is 1. The lowest BCUT2D eigenvalue weighted by atomic mass is 10.00. The number of carboxylic acids is 2. The molecule has 2 aromatic rings. The molecule has 13 heteroatoms. The average Bonchev–Trinajstić information content (AvgIpc) is 3.25. The second-order valence-electron chi connectivity index (χ2n) is 8.98. The zero-order valence-corrected chi connectivity index (χ0v) is 20.6. The Morgan fingerprint density at radius 1 is 0.946 bits per heavy atom. The van der Waals surface area contributed by atoms with Crippen LogP contribution in [0, 0.1) is 5.92 Å². The summed E-state index contributed by atoms with van der Waals surface area (Å²) in [6.07, 6.45) is 1.20. The Bertz CT molecular complexity index is 1130. The van der Waals surface area contributed by atoms with Crippen molar-refractivity contribution >= 4 is 40.6 Å². The molecule has 2 rings (SSSR count). The van der Waals surface area contributed by atoms with E-state index in [1.54, 1.807) is 26.1 Å². The van der Waals surface area contributed by atoms with E-state index < -0.39 is 66.4 Å². The SMILES string of the molecule is CC(C)C(NC(=O)C(N)CCC(=O)O)C(=O)NC(Cc1c[nH]c2ccccc12)C(=O)NC(CO)C(=O)O. The largest absolute Gasteiger partial charge is 0.481 e. The van der Waals surface area contributed by atoms with Crippen molar-refractivity contribution in [1.29, 1.82) is 0 Å². The van der Waals surface area contributed by atoms with Gasteiger partial charge in [0.15, 0.2) is 0 Å². The third kappa shape index (κ3) is 8.29. The van der Waals surface area contributed by atoms with Crippen LogP contribution in [0.15, 0.2) is 30.5 Å². The van der Waals surface area contributed by atoms with E-state index in [1.807, 2.05) is 18.2 Å². The first kappa shape index (κ1) is 29.3. The second kappa shape index (κ2) is 13.4. The highest BCUT2D eigenvalue weighted by atomic mass is 16.4. The van der Waals surface area contributed by atoms with Crippen molar-refractivity contribution in [2.75, 3.05) is 6.61 Å². The molecule has 0 saturated heterocycles. The summed E-state index contributed by atoms with van der Waals surface area (Å²) >= 11 is 0. The lowest BCUT2D eigenvalue weighted by molar-refractivity contribution is -0.143. The van der Waals surface area contributed by atoms with Gasteiger partial charge in [-0.2, -0.15) is 0 Å². The molecule has 0 saturated carbocycles. The van der Waals surface area contributed by atoms with Crippen LogP contribution in [0.4, 0.5) is 0 Å². The molecule has 0 aliphatic rings. The van der Waals surface area contributed by atoms with Crippen LogP contribution in [0.5, 0.6) is 0 Å². The number of nitrogens with two attached hydrogens (primary N) is 1. The van der Waals surface area contributed by atoms with Crippen LogP contribution in [0.1, 0.15) is 32.3 Å². The highest BCUT2D eigenvalue weighted by Crippen LogP contribution is 2.19. The predicted molar refractivity (Wildman–Crippen MR) is 132 cm³/mol. The molecule has 13 nitrogen and oxygen atoms in total. The van der Waals surface area contributed by atoms with Gasteiger partial charge in [0.2, 0.25) is 17.7 Å². The van der Waals surface area contributed by atoms with Gasteiger partial charge in [-0.1, -0.05) is 32.0 Å². The summed E-state index contributed by atoms with van der Waals surface area (Å²) in [6.45, 7) is 2.47. The molecule has 0 aliphatic heterocycles. The van der Waals surface area contributed by atoms with Crippen LogP contribution in [0.2, 0.25) is 0 Å². The van der Waals surface area contributed by atoms with Gasteiger partial charge in [0.05, 0.1) is 12.6 Å². The number of para-hydroxylation sites is 1. The van der Waals surface area contributed by atoms with E-state index in [9.17, 15) is 34.2 Å². The smallest absolute Gasteiger partial charge is 0.328 e. The Kier molecular flexibility index (Phi) is 10.6. The van der Waals surface area contributed by atoms with Gasteiger partial charge in [0, 0.05) is 29.9 Å². The minimum atomic E-state index is -1.58. The molecular weight excluding hydrogens is 486 g/mol. The predicted octanol–water partition coefficient (Wildman–Crippen LogP) is -0.910. The van der Waals surface area contributed by atoms with Gasteiger partial charge in [-0.3, -0.25) is 19.2 Å². The first-order chi connectivity index (χ1) is 17.4. The van der Waals surface area contributed by atoms with Crippen molar-refractivity contribution in [1.82, 2.24) is 20.9 Å². The minimum Gasteiger partial charge on any atom is -0.481 e. The molecule has 0 fully saturated rings. The monoisotopic (exact) mass is 519 g/mol. The van der Waals surface area contributed by atoms with Crippen molar-refractivity contribution in [3.8, 4) is 0 Å². The van der Waals surface area contributed by atoms with Gasteiger partial charge in [-0.05, 0) is 24.0 Å². The quantitative estimate of drug-likeness (QED) is 0.154. The Labute approximate surface area is 212 Å². The molecule has 202 valence electrons. The van der Waals surface area contributed by atoms with Crippen molar-refractivity contribution in [3.63, 3.8) is 0 Å². The minimum absolute atomic E-state index is 0.0176. The van der Waals surface area contributed by atoms with Crippen molar-refractivity contribution in [2.45, 2.75) is 57.3 Å². The fourth-order valence-corrected chi connectivity index (χ4v) is 3.65. The fourth-order valence-electron chi connectivity index (χ4n) is 3.65. The molecule has 9 N–H and O–H groups in total. The number of amides is 3. The third-order valence-electron chi connectivity index (χ3n) is 5.78. The number of aliphatic carboxylic acids is 2. The number of aromatic nitrogens is 1. The Morgan fingerprint density at radius 2 is 1.59 bits per heavy atom. The van der Waals surface area contributed by atoms with Gasteiger partial charge < -0.3 is 42.0 Å². The molecule has 1 aromatic carbocycles. The van der Waals surface area contributed by atoms with E-state index >= 15 is 0 Å². The summed E-state index contributed by atoms with van der Waals surface area (Å²) in [5.74, 6) is -5.28. The maximum Gasteiger partial charge on any atom is 0.328 e. The summed E-state index contributed by atoms with van der Waals surface area (Å²) in [7, 11) is 0. The van der Waals surface area contributed by atoms with Gasteiger partial charge >= 0.3 is 11.9 Å². The van der Waals surface area contributed by atoms with Crippen LogP contribution in [0.25, 0.3) is 10.9 Å². The molecule has 1 heterocycles. The summed E-state index contributed by atoms with van der Waals surface area (Å²) in [6, 6.07) is 2.17. The second-order valence-corrected chi connectivity index (χ2v) is 8.98.